The van der Waals surface area contributed by atoms with Crippen LogP contribution < -0.4 is 0 Å². The molecule has 0 spiro atoms. The summed E-state index contributed by atoms with van der Waals surface area (Å²) >= 11 is 1.44. The monoisotopic (exact) mass is 321 g/mol. The maximum Gasteiger partial charge on any atom is 0.264 e. The maximum absolute atomic E-state index is 13.0. The first-order chi connectivity index (χ1) is 10.5. The number of amides is 1. The van der Waals surface area contributed by atoms with Crippen LogP contribution >= 0.6 is 11.3 Å². The van der Waals surface area contributed by atoms with Crippen molar-refractivity contribution in [3.05, 3.63) is 57.5 Å². The second-order valence-electron chi connectivity index (χ2n) is 5.21. The van der Waals surface area contributed by atoms with Crippen LogP contribution in [0.25, 0.3) is 0 Å². The highest BCUT2D eigenvalue weighted by Gasteiger charge is 2.24. The van der Waals surface area contributed by atoms with Gasteiger partial charge in [0.25, 0.3) is 5.91 Å². The van der Waals surface area contributed by atoms with E-state index in [0.717, 1.165) is 10.4 Å². The molecule has 3 nitrogen and oxygen atoms in total. The van der Waals surface area contributed by atoms with Crippen LogP contribution in [-0.4, -0.2) is 28.6 Å². The summed E-state index contributed by atoms with van der Waals surface area (Å²) < 4.78 is 13.0. The Kier molecular flexibility index (Phi) is 5.69. The van der Waals surface area contributed by atoms with E-state index in [1.54, 1.807) is 17.0 Å². The zero-order valence-corrected chi connectivity index (χ0v) is 13.6. The molecule has 0 fully saturated rings. The van der Waals surface area contributed by atoms with Crippen molar-refractivity contribution in [3.63, 3.8) is 0 Å². The van der Waals surface area contributed by atoms with Crippen LogP contribution in [0, 0.1) is 12.7 Å². The molecule has 1 N–H and O–H groups in total. The highest BCUT2D eigenvalue weighted by molar-refractivity contribution is 7.13. The van der Waals surface area contributed by atoms with Crippen LogP contribution in [0.2, 0.25) is 0 Å². The number of hydrogen-bond acceptors (Lipinski definition) is 3. The average Bonchev–Trinajstić information content (AvgIpc) is 2.95. The highest BCUT2D eigenvalue weighted by Crippen LogP contribution is 2.21. The average molecular weight is 321 g/mol. The number of benzene rings is 1. The van der Waals surface area contributed by atoms with Gasteiger partial charge in [-0.2, -0.15) is 0 Å². The number of rotatable bonds is 6. The molecule has 2 aromatic rings. The number of carbonyl (C=O) groups excluding carboxylic acids is 1. The van der Waals surface area contributed by atoms with Crippen LogP contribution in [0.5, 0.6) is 0 Å². The summed E-state index contributed by atoms with van der Waals surface area (Å²) in [4.78, 5) is 16.1. The van der Waals surface area contributed by atoms with Gasteiger partial charge in [0, 0.05) is 11.4 Å². The first kappa shape index (κ1) is 16.6. The lowest BCUT2D eigenvalue weighted by Crippen LogP contribution is -2.41. The summed E-state index contributed by atoms with van der Waals surface area (Å²) in [5.74, 6) is -0.395. The summed E-state index contributed by atoms with van der Waals surface area (Å²) in [5, 5.41) is 9.57. The fraction of sp³-hybridized carbons (Fsp3) is 0.353. The van der Waals surface area contributed by atoms with Crippen LogP contribution in [0.4, 0.5) is 4.39 Å². The van der Waals surface area contributed by atoms with Crippen molar-refractivity contribution < 1.29 is 14.3 Å². The number of thiophene rings is 1. The summed E-state index contributed by atoms with van der Waals surface area (Å²) in [7, 11) is 0. The highest BCUT2D eigenvalue weighted by atomic mass is 32.1. The Morgan fingerprint density at radius 3 is 2.45 bits per heavy atom. The summed E-state index contributed by atoms with van der Waals surface area (Å²) in [6.45, 7) is 4.16. The van der Waals surface area contributed by atoms with E-state index in [2.05, 4.69) is 0 Å². The summed E-state index contributed by atoms with van der Waals surface area (Å²) in [6, 6.07) is 9.57. The van der Waals surface area contributed by atoms with Crippen molar-refractivity contribution in [2.45, 2.75) is 32.9 Å². The first-order valence-electron chi connectivity index (χ1n) is 7.27. The standard InChI is InChI=1S/C17H20FNO2S/c1-3-15(11-20)19(10-13-5-7-14(18)8-6-13)17(21)16-9-4-12(2)22-16/h4-9,15,20H,3,10-11H2,1-2H3/t15-/m0/s1. The lowest BCUT2D eigenvalue weighted by Gasteiger charge is -2.29. The van der Waals surface area contributed by atoms with Gasteiger partial charge in [-0.1, -0.05) is 19.1 Å². The number of halogens is 1. The van der Waals surface area contributed by atoms with E-state index in [4.69, 9.17) is 0 Å². The predicted octanol–water partition coefficient (Wildman–Crippen LogP) is 3.61. The van der Waals surface area contributed by atoms with Crippen molar-refractivity contribution in [1.82, 2.24) is 4.90 Å². The van der Waals surface area contributed by atoms with E-state index >= 15 is 0 Å². The largest absolute Gasteiger partial charge is 0.394 e. The molecule has 1 aromatic heterocycles. The number of hydrogen-bond donors (Lipinski definition) is 1. The van der Waals surface area contributed by atoms with Gasteiger partial charge in [-0.15, -0.1) is 11.3 Å². The molecule has 0 radical (unpaired) electrons. The molecule has 2 rings (SSSR count). The molecule has 0 saturated carbocycles. The Morgan fingerprint density at radius 2 is 1.95 bits per heavy atom. The van der Waals surface area contributed by atoms with Crippen molar-refractivity contribution in [1.29, 1.82) is 0 Å². The van der Waals surface area contributed by atoms with Gasteiger partial charge in [0.2, 0.25) is 0 Å². The maximum atomic E-state index is 13.0. The van der Waals surface area contributed by atoms with Gasteiger partial charge < -0.3 is 10.0 Å². The van der Waals surface area contributed by atoms with E-state index in [0.29, 0.717) is 17.8 Å². The molecule has 1 amide bonds. The van der Waals surface area contributed by atoms with E-state index in [-0.39, 0.29) is 24.4 Å². The van der Waals surface area contributed by atoms with Gasteiger partial charge >= 0.3 is 0 Å². The van der Waals surface area contributed by atoms with E-state index in [1.807, 2.05) is 26.0 Å². The zero-order chi connectivity index (χ0) is 16.1. The van der Waals surface area contributed by atoms with Crippen molar-refractivity contribution in [2.24, 2.45) is 0 Å². The third kappa shape index (κ3) is 3.93. The Bertz CT molecular complexity index is 620. The number of aliphatic hydroxyl groups excluding tert-OH is 1. The minimum atomic E-state index is -0.301. The molecule has 0 unspecified atom stereocenters. The molecule has 118 valence electrons. The lowest BCUT2D eigenvalue weighted by molar-refractivity contribution is 0.0568. The van der Waals surface area contributed by atoms with Gasteiger partial charge in [0.15, 0.2) is 0 Å². The van der Waals surface area contributed by atoms with E-state index in [9.17, 15) is 14.3 Å². The predicted molar refractivity (Wildman–Crippen MR) is 86.5 cm³/mol. The molecule has 1 aromatic carbocycles. The molecule has 0 aliphatic rings. The zero-order valence-electron chi connectivity index (χ0n) is 12.8. The topological polar surface area (TPSA) is 40.5 Å². The van der Waals surface area contributed by atoms with E-state index < -0.39 is 0 Å². The molecule has 22 heavy (non-hydrogen) atoms. The third-order valence-electron chi connectivity index (χ3n) is 3.60. The molecule has 1 atom stereocenters. The Balaban J connectivity index is 2.25. The molecule has 5 heteroatoms. The molecule has 0 aliphatic carbocycles. The van der Waals surface area contributed by atoms with Gasteiger partial charge in [0.05, 0.1) is 17.5 Å². The second kappa shape index (κ2) is 7.51. The fourth-order valence-corrected chi connectivity index (χ4v) is 3.12. The molecule has 0 saturated heterocycles. The van der Waals surface area contributed by atoms with Crippen molar-refractivity contribution >= 4 is 17.2 Å². The summed E-state index contributed by atoms with van der Waals surface area (Å²) in [6.07, 6.45) is 0.661. The first-order valence-corrected chi connectivity index (χ1v) is 8.09. The lowest BCUT2D eigenvalue weighted by atomic mass is 10.1. The Labute approximate surface area is 134 Å². The number of nitrogens with zero attached hydrogens (tertiary/aromatic N) is 1. The normalized spacial score (nSPS) is 12.2. The van der Waals surface area contributed by atoms with Crippen LogP contribution in [-0.2, 0) is 6.54 Å². The fourth-order valence-electron chi connectivity index (χ4n) is 2.29. The smallest absolute Gasteiger partial charge is 0.264 e. The number of aryl methyl sites for hydroxylation is 1. The minimum absolute atomic E-state index is 0.0895. The van der Waals surface area contributed by atoms with Gasteiger partial charge in [-0.25, -0.2) is 4.39 Å². The van der Waals surface area contributed by atoms with Gasteiger partial charge in [-0.05, 0) is 43.2 Å². The van der Waals surface area contributed by atoms with Crippen molar-refractivity contribution in [3.8, 4) is 0 Å². The van der Waals surface area contributed by atoms with Crippen molar-refractivity contribution in [2.75, 3.05) is 6.61 Å². The molecule has 0 aliphatic heterocycles. The van der Waals surface area contributed by atoms with Crippen LogP contribution in [0.15, 0.2) is 36.4 Å². The van der Waals surface area contributed by atoms with Gasteiger partial charge in [-0.3, -0.25) is 4.79 Å². The molecule has 0 bridgehead atoms. The minimum Gasteiger partial charge on any atom is -0.394 e. The third-order valence-corrected chi connectivity index (χ3v) is 4.59. The quantitative estimate of drug-likeness (QED) is 0.883. The molecule has 1 heterocycles. The molecular formula is C17H20FNO2S. The molecular weight excluding hydrogens is 301 g/mol. The Hall–Kier alpha value is -1.72. The van der Waals surface area contributed by atoms with E-state index in [1.165, 1.54) is 23.5 Å². The summed E-state index contributed by atoms with van der Waals surface area (Å²) in [5.41, 5.74) is 0.843. The Morgan fingerprint density at radius 1 is 1.27 bits per heavy atom. The number of carbonyl (C=O) groups is 1. The second-order valence-corrected chi connectivity index (χ2v) is 6.50. The van der Waals surface area contributed by atoms with Crippen LogP contribution in [0.1, 0.15) is 33.5 Å². The van der Waals surface area contributed by atoms with Crippen LogP contribution in [0.3, 0.4) is 0 Å². The van der Waals surface area contributed by atoms with Gasteiger partial charge in [0.1, 0.15) is 5.82 Å². The number of aliphatic hydroxyl groups is 1. The SMILES string of the molecule is CC[C@@H](CO)N(Cc1ccc(F)cc1)C(=O)c1ccc(C)s1.